The Morgan fingerprint density at radius 2 is 2.22 bits per heavy atom. The van der Waals surface area contributed by atoms with Crippen molar-refractivity contribution < 1.29 is 5.11 Å². The number of aromatic nitrogens is 1. The first kappa shape index (κ1) is 12.4. The molecule has 1 unspecified atom stereocenters. The molecule has 0 saturated heterocycles. The highest BCUT2D eigenvalue weighted by atomic mass is 16.3. The smallest absolute Gasteiger partial charge is 0.0991 e. The predicted molar refractivity (Wildman–Crippen MR) is 69.9 cm³/mol. The van der Waals surface area contributed by atoms with Gasteiger partial charge in [0, 0.05) is 18.9 Å². The van der Waals surface area contributed by atoms with Gasteiger partial charge < -0.3 is 9.67 Å². The Morgan fingerprint density at radius 3 is 2.94 bits per heavy atom. The molecule has 2 aromatic rings. The van der Waals surface area contributed by atoms with E-state index in [-0.39, 0.29) is 0 Å². The highest BCUT2D eigenvalue weighted by Gasteiger charge is 2.06. The van der Waals surface area contributed by atoms with E-state index in [1.54, 1.807) is 6.07 Å². The quantitative estimate of drug-likeness (QED) is 0.893. The summed E-state index contributed by atoms with van der Waals surface area (Å²) >= 11 is 0. The number of benzene rings is 1. The van der Waals surface area contributed by atoms with E-state index in [1.165, 1.54) is 0 Å². The third-order valence-corrected chi connectivity index (χ3v) is 2.97. The second-order valence-electron chi connectivity index (χ2n) is 4.35. The van der Waals surface area contributed by atoms with Gasteiger partial charge in [-0.05, 0) is 35.7 Å². The Bertz CT molecular complexity index is 566. The highest BCUT2D eigenvalue weighted by molar-refractivity contribution is 5.33. The van der Waals surface area contributed by atoms with E-state index in [2.05, 4.69) is 6.07 Å². The molecule has 1 aromatic heterocycles. The number of aliphatic hydroxyl groups excluding tert-OH is 1. The zero-order chi connectivity index (χ0) is 13.0. The third-order valence-electron chi connectivity index (χ3n) is 2.97. The summed E-state index contributed by atoms with van der Waals surface area (Å²) < 4.78 is 2.02. The van der Waals surface area contributed by atoms with Crippen LogP contribution in [0.5, 0.6) is 0 Å². The van der Waals surface area contributed by atoms with Crippen LogP contribution in [0.25, 0.3) is 0 Å². The van der Waals surface area contributed by atoms with Crippen LogP contribution in [0.15, 0.2) is 42.7 Å². The van der Waals surface area contributed by atoms with Gasteiger partial charge in [0.15, 0.2) is 0 Å². The molecule has 0 amide bonds. The van der Waals surface area contributed by atoms with Crippen LogP contribution in [0.1, 0.15) is 36.1 Å². The third kappa shape index (κ3) is 2.79. The number of nitrogens with zero attached hydrogens (tertiary/aromatic N) is 2. The number of aliphatic hydroxyl groups is 1. The first-order valence-corrected chi connectivity index (χ1v) is 6.05. The van der Waals surface area contributed by atoms with E-state index in [0.29, 0.717) is 18.5 Å². The summed E-state index contributed by atoms with van der Waals surface area (Å²) in [5.74, 6) is 0. The van der Waals surface area contributed by atoms with Crippen LogP contribution in [-0.2, 0) is 6.54 Å². The summed E-state index contributed by atoms with van der Waals surface area (Å²) in [7, 11) is 0. The van der Waals surface area contributed by atoms with Crippen LogP contribution < -0.4 is 0 Å². The van der Waals surface area contributed by atoms with E-state index >= 15 is 0 Å². The monoisotopic (exact) mass is 240 g/mol. The molecule has 0 aliphatic heterocycles. The largest absolute Gasteiger partial charge is 0.388 e. The standard InChI is InChI=1S/C15H16N2O/c1-2-15(18)14-6-7-17(11-14)10-13-5-3-4-12(8-13)9-16/h3-8,11,15,18H,2,10H2,1H3. The average molecular weight is 240 g/mol. The van der Waals surface area contributed by atoms with E-state index in [1.807, 2.05) is 48.1 Å². The van der Waals surface area contributed by atoms with Gasteiger partial charge in [0.2, 0.25) is 0 Å². The molecule has 0 bridgehead atoms. The van der Waals surface area contributed by atoms with Crippen molar-refractivity contribution in [1.29, 1.82) is 5.26 Å². The Balaban J connectivity index is 2.14. The maximum absolute atomic E-state index is 9.73. The molecule has 1 N–H and O–H groups in total. The summed E-state index contributed by atoms with van der Waals surface area (Å²) in [5.41, 5.74) is 2.70. The molecule has 0 aliphatic carbocycles. The number of hydrogen-bond donors (Lipinski definition) is 1. The molecule has 92 valence electrons. The summed E-state index contributed by atoms with van der Waals surface area (Å²) in [6, 6.07) is 11.6. The Hall–Kier alpha value is -2.05. The zero-order valence-corrected chi connectivity index (χ0v) is 10.4. The van der Waals surface area contributed by atoms with Gasteiger partial charge >= 0.3 is 0 Å². The van der Waals surface area contributed by atoms with E-state index in [9.17, 15) is 5.11 Å². The van der Waals surface area contributed by atoms with Crippen LogP contribution in [0.3, 0.4) is 0 Å². The lowest BCUT2D eigenvalue weighted by Crippen LogP contribution is -1.98. The molecule has 0 spiro atoms. The molecule has 0 saturated carbocycles. The minimum atomic E-state index is -0.392. The molecule has 1 heterocycles. The lowest BCUT2D eigenvalue weighted by molar-refractivity contribution is 0.173. The minimum Gasteiger partial charge on any atom is -0.388 e. The van der Waals surface area contributed by atoms with E-state index in [4.69, 9.17) is 5.26 Å². The molecule has 2 rings (SSSR count). The van der Waals surface area contributed by atoms with E-state index in [0.717, 1.165) is 11.1 Å². The molecular weight excluding hydrogens is 224 g/mol. The second kappa shape index (κ2) is 5.52. The molecular formula is C15H16N2O. The number of rotatable bonds is 4. The minimum absolute atomic E-state index is 0.392. The SMILES string of the molecule is CCC(O)c1ccn(Cc2cccc(C#N)c2)c1. The lowest BCUT2D eigenvalue weighted by Gasteiger charge is -2.05. The van der Waals surface area contributed by atoms with Gasteiger partial charge in [-0.2, -0.15) is 5.26 Å². The molecule has 3 heteroatoms. The molecule has 0 aliphatic rings. The Morgan fingerprint density at radius 1 is 1.39 bits per heavy atom. The van der Waals surface area contributed by atoms with Crippen molar-refractivity contribution in [1.82, 2.24) is 4.57 Å². The van der Waals surface area contributed by atoms with Gasteiger partial charge in [0.25, 0.3) is 0 Å². The number of nitriles is 1. The lowest BCUT2D eigenvalue weighted by atomic mass is 10.1. The van der Waals surface area contributed by atoms with Crippen LogP contribution >= 0.6 is 0 Å². The predicted octanol–water partition coefficient (Wildman–Crippen LogP) is 2.85. The van der Waals surface area contributed by atoms with Crippen LogP contribution in [0.2, 0.25) is 0 Å². The maximum Gasteiger partial charge on any atom is 0.0991 e. The van der Waals surface area contributed by atoms with Gasteiger partial charge in [0.05, 0.1) is 17.7 Å². The normalized spacial score (nSPS) is 12.1. The highest BCUT2D eigenvalue weighted by Crippen LogP contribution is 2.17. The van der Waals surface area contributed by atoms with Gasteiger partial charge in [0.1, 0.15) is 0 Å². The van der Waals surface area contributed by atoms with Crippen LogP contribution in [0.4, 0.5) is 0 Å². The van der Waals surface area contributed by atoms with Gasteiger partial charge in [-0.3, -0.25) is 0 Å². The van der Waals surface area contributed by atoms with Crippen molar-refractivity contribution in [2.24, 2.45) is 0 Å². The van der Waals surface area contributed by atoms with Crippen molar-refractivity contribution in [3.8, 4) is 6.07 Å². The molecule has 0 radical (unpaired) electrons. The fourth-order valence-corrected chi connectivity index (χ4v) is 1.94. The molecule has 1 atom stereocenters. The first-order chi connectivity index (χ1) is 8.72. The molecule has 0 fully saturated rings. The first-order valence-electron chi connectivity index (χ1n) is 6.05. The van der Waals surface area contributed by atoms with Crippen LogP contribution in [-0.4, -0.2) is 9.67 Å². The van der Waals surface area contributed by atoms with Gasteiger partial charge in [-0.1, -0.05) is 19.1 Å². The van der Waals surface area contributed by atoms with E-state index < -0.39 is 6.10 Å². The molecule has 18 heavy (non-hydrogen) atoms. The Labute approximate surface area is 107 Å². The fraction of sp³-hybridized carbons (Fsp3) is 0.267. The van der Waals surface area contributed by atoms with Crippen molar-refractivity contribution in [2.45, 2.75) is 26.0 Å². The van der Waals surface area contributed by atoms with Crippen molar-refractivity contribution in [3.63, 3.8) is 0 Å². The molecule has 3 nitrogen and oxygen atoms in total. The summed E-state index contributed by atoms with van der Waals surface area (Å²) in [5, 5.41) is 18.6. The molecule has 1 aromatic carbocycles. The topological polar surface area (TPSA) is 49.0 Å². The average Bonchev–Trinajstić information content (AvgIpc) is 2.86. The van der Waals surface area contributed by atoms with Crippen molar-refractivity contribution >= 4 is 0 Å². The maximum atomic E-state index is 9.73. The van der Waals surface area contributed by atoms with Gasteiger partial charge in [-0.15, -0.1) is 0 Å². The van der Waals surface area contributed by atoms with Crippen LogP contribution in [0, 0.1) is 11.3 Å². The van der Waals surface area contributed by atoms with Crippen molar-refractivity contribution in [2.75, 3.05) is 0 Å². The van der Waals surface area contributed by atoms with Crippen molar-refractivity contribution in [3.05, 3.63) is 59.4 Å². The second-order valence-corrected chi connectivity index (χ2v) is 4.35. The summed E-state index contributed by atoms with van der Waals surface area (Å²) in [6.45, 7) is 2.67. The fourth-order valence-electron chi connectivity index (χ4n) is 1.94. The Kier molecular flexibility index (Phi) is 3.81. The number of hydrogen-bond acceptors (Lipinski definition) is 2. The zero-order valence-electron chi connectivity index (χ0n) is 10.4. The summed E-state index contributed by atoms with van der Waals surface area (Å²) in [4.78, 5) is 0. The van der Waals surface area contributed by atoms with Gasteiger partial charge in [-0.25, -0.2) is 0 Å². The summed E-state index contributed by atoms with van der Waals surface area (Å²) in [6.07, 6.45) is 4.23.